The lowest BCUT2D eigenvalue weighted by Gasteiger charge is -2.11. The molecule has 138 valence electrons. The Hall–Kier alpha value is -3.29. The van der Waals surface area contributed by atoms with Crippen molar-refractivity contribution in [3.8, 4) is 17.2 Å². The number of carbonyl (C=O) groups excluding carboxylic acids is 1. The molecule has 0 unspecified atom stereocenters. The molecule has 0 aliphatic carbocycles. The highest BCUT2D eigenvalue weighted by atomic mass is 16.6. The van der Waals surface area contributed by atoms with Gasteiger partial charge in [-0.2, -0.15) is 0 Å². The highest BCUT2D eigenvalue weighted by molar-refractivity contribution is 5.95. The number of methoxy groups -OCH3 is 3. The normalized spacial score (nSPS) is 10.1. The maximum absolute atomic E-state index is 12.3. The van der Waals surface area contributed by atoms with E-state index in [0.717, 1.165) is 5.56 Å². The molecule has 0 atom stereocenters. The van der Waals surface area contributed by atoms with Crippen LogP contribution in [0.5, 0.6) is 17.2 Å². The number of nitro benzene ring substituents is 1. The molecule has 1 amide bonds. The largest absolute Gasteiger partial charge is 0.497 e. The van der Waals surface area contributed by atoms with Crippen LogP contribution < -0.4 is 19.5 Å². The van der Waals surface area contributed by atoms with Gasteiger partial charge < -0.3 is 19.5 Å². The molecule has 0 aliphatic rings. The van der Waals surface area contributed by atoms with Gasteiger partial charge in [0.1, 0.15) is 11.5 Å². The number of rotatable bonds is 8. The predicted molar refractivity (Wildman–Crippen MR) is 95.2 cm³/mol. The number of ether oxygens (including phenoxy) is 3. The molecule has 0 radical (unpaired) electrons. The van der Waals surface area contributed by atoms with Crippen molar-refractivity contribution >= 4 is 11.6 Å². The lowest BCUT2D eigenvalue weighted by molar-refractivity contribution is -0.385. The van der Waals surface area contributed by atoms with Crippen LogP contribution in [0.3, 0.4) is 0 Å². The SMILES string of the molecule is COc1ccc(OC)c(CCNC(=O)c2ccc(OC)c([N+](=O)[O-])c2)c1. The van der Waals surface area contributed by atoms with Crippen molar-refractivity contribution in [1.82, 2.24) is 5.32 Å². The molecule has 8 heteroatoms. The fraction of sp³-hybridized carbons (Fsp3) is 0.278. The molecule has 0 heterocycles. The van der Waals surface area contributed by atoms with E-state index < -0.39 is 10.8 Å². The summed E-state index contributed by atoms with van der Waals surface area (Å²) in [6.07, 6.45) is 0.518. The maximum Gasteiger partial charge on any atom is 0.311 e. The minimum atomic E-state index is -0.587. The number of benzene rings is 2. The van der Waals surface area contributed by atoms with E-state index in [4.69, 9.17) is 14.2 Å². The van der Waals surface area contributed by atoms with Crippen LogP contribution >= 0.6 is 0 Å². The van der Waals surface area contributed by atoms with Gasteiger partial charge in [-0.25, -0.2) is 0 Å². The molecule has 1 N–H and O–H groups in total. The monoisotopic (exact) mass is 360 g/mol. The Kier molecular flexibility index (Phi) is 6.37. The first-order valence-electron chi connectivity index (χ1n) is 7.81. The summed E-state index contributed by atoms with van der Waals surface area (Å²) in [6, 6.07) is 9.50. The lowest BCUT2D eigenvalue weighted by Crippen LogP contribution is -2.25. The van der Waals surface area contributed by atoms with Crippen LogP contribution in [0.1, 0.15) is 15.9 Å². The van der Waals surface area contributed by atoms with Gasteiger partial charge in [0, 0.05) is 18.2 Å². The first-order valence-corrected chi connectivity index (χ1v) is 7.81. The van der Waals surface area contributed by atoms with Crippen molar-refractivity contribution in [1.29, 1.82) is 0 Å². The van der Waals surface area contributed by atoms with Gasteiger partial charge in [0.05, 0.1) is 26.3 Å². The average Bonchev–Trinajstić information content (AvgIpc) is 2.67. The quantitative estimate of drug-likeness (QED) is 0.574. The molecule has 2 aromatic rings. The van der Waals surface area contributed by atoms with Crippen LogP contribution in [0.15, 0.2) is 36.4 Å². The van der Waals surface area contributed by atoms with Crippen molar-refractivity contribution < 1.29 is 23.9 Å². The third-order valence-electron chi connectivity index (χ3n) is 3.81. The average molecular weight is 360 g/mol. The Morgan fingerprint density at radius 2 is 1.73 bits per heavy atom. The van der Waals surface area contributed by atoms with Gasteiger partial charge in [0.15, 0.2) is 5.75 Å². The molecule has 0 aliphatic heterocycles. The second-order valence-corrected chi connectivity index (χ2v) is 5.33. The molecule has 0 spiro atoms. The lowest BCUT2D eigenvalue weighted by atomic mass is 10.1. The number of amides is 1. The van der Waals surface area contributed by atoms with Crippen LogP contribution in [0, 0.1) is 10.1 Å². The summed E-state index contributed by atoms with van der Waals surface area (Å²) in [5.41, 5.74) is 0.817. The van der Waals surface area contributed by atoms with E-state index in [9.17, 15) is 14.9 Å². The third-order valence-corrected chi connectivity index (χ3v) is 3.81. The number of nitro groups is 1. The van der Waals surface area contributed by atoms with Gasteiger partial charge in [-0.1, -0.05) is 0 Å². The Labute approximate surface area is 150 Å². The van der Waals surface area contributed by atoms with Crippen LogP contribution in [0.2, 0.25) is 0 Å². The molecule has 26 heavy (non-hydrogen) atoms. The minimum Gasteiger partial charge on any atom is -0.497 e. The topological polar surface area (TPSA) is 99.9 Å². The Bertz CT molecular complexity index is 806. The van der Waals surface area contributed by atoms with Crippen molar-refractivity contribution in [2.24, 2.45) is 0 Å². The maximum atomic E-state index is 12.3. The van der Waals surface area contributed by atoms with E-state index >= 15 is 0 Å². The van der Waals surface area contributed by atoms with Crippen LogP contribution in [0.25, 0.3) is 0 Å². The molecule has 2 aromatic carbocycles. The zero-order valence-electron chi connectivity index (χ0n) is 14.8. The van der Waals surface area contributed by atoms with Crippen molar-refractivity contribution in [2.75, 3.05) is 27.9 Å². The standard InChI is InChI=1S/C18H20N2O6/c1-24-14-5-7-16(25-2)12(10-14)8-9-19-18(21)13-4-6-17(26-3)15(11-13)20(22)23/h4-7,10-11H,8-9H2,1-3H3,(H,19,21). The van der Waals surface area contributed by atoms with Crippen molar-refractivity contribution in [3.05, 3.63) is 57.6 Å². The van der Waals surface area contributed by atoms with E-state index in [2.05, 4.69) is 5.32 Å². The van der Waals surface area contributed by atoms with E-state index in [-0.39, 0.29) is 17.0 Å². The van der Waals surface area contributed by atoms with Gasteiger partial charge in [-0.15, -0.1) is 0 Å². The molecule has 0 aromatic heterocycles. The van der Waals surface area contributed by atoms with E-state index in [1.165, 1.54) is 25.3 Å². The molecule has 2 rings (SSSR count). The number of carbonyl (C=O) groups is 1. The summed E-state index contributed by atoms with van der Waals surface area (Å²) in [5.74, 6) is 1.09. The minimum absolute atomic E-state index is 0.104. The van der Waals surface area contributed by atoms with Crippen molar-refractivity contribution in [2.45, 2.75) is 6.42 Å². The second-order valence-electron chi connectivity index (χ2n) is 5.33. The number of nitrogens with zero attached hydrogens (tertiary/aromatic N) is 1. The van der Waals surface area contributed by atoms with Crippen LogP contribution in [-0.4, -0.2) is 38.7 Å². The van der Waals surface area contributed by atoms with Gasteiger partial charge in [-0.05, 0) is 42.3 Å². The second kappa shape index (κ2) is 8.70. The summed E-state index contributed by atoms with van der Waals surface area (Å²) >= 11 is 0. The first-order chi connectivity index (χ1) is 12.5. The van der Waals surface area contributed by atoms with Crippen molar-refractivity contribution in [3.63, 3.8) is 0 Å². The van der Waals surface area contributed by atoms with Crippen LogP contribution in [0.4, 0.5) is 5.69 Å². The number of nitrogens with one attached hydrogen (secondary N) is 1. The Balaban J connectivity index is 2.05. The zero-order valence-corrected chi connectivity index (χ0v) is 14.8. The third kappa shape index (κ3) is 4.41. The zero-order chi connectivity index (χ0) is 19.1. The highest BCUT2D eigenvalue weighted by Gasteiger charge is 2.18. The summed E-state index contributed by atoms with van der Waals surface area (Å²) in [4.78, 5) is 22.7. The highest BCUT2D eigenvalue weighted by Crippen LogP contribution is 2.27. The Morgan fingerprint density at radius 1 is 1.04 bits per heavy atom. The Morgan fingerprint density at radius 3 is 2.35 bits per heavy atom. The summed E-state index contributed by atoms with van der Waals surface area (Å²) < 4.78 is 15.4. The number of hydrogen-bond acceptors (Lipinski definition) is 6. The van der Waals surface area contributed by atoms with Crippen LogP contribution in [-0.2, 0) is 6.42 Å². The predicted octanol–water partition coefficient (Wildman–Crippen LogP) is 2.59. The van der Waals surface area contributed by atoms with E-state index in [1.807, 2.05) is 6.07 Å². The fourth-order valence-corrected chi connectivity index (χ4v) is 2.46. The van der Waals surface area contributed by atoms with Gasteiger partial charge >= 0.3 is 5.69 Å². The molecule has 0 saturated carbocycles. The van der Waals surface area contributed by atoms with Gasteiger partial charge in [0.2, 0.25) is 0 Å². The number of hydrogen-bond donors (Lipinski definition) is 1. The van der Waals surface area contributed by atoms with Gasteiger partial charge in [-0.3, -0.25) is 14.9 Å². The first kappa shape index (κ1) is 19.0. The smallest absolute Gasteiger partial charge is 0.311 e. The van der Waals surface area contributed by atoms with E-state index in [1.54, 1.807) is 26.4 Å². The molecular formula is C18H20N2O6. The van der Waals surface area contributed by atoms with E-state index in [0.29, 0.717) is 24.5 Å². The molecule has 0 bridgehead atoms. The molecule has 0 saturated heterocycles. The fourth-order valence-electron chi connectivity index (χ4n) is 2.46. The summed E-state index contributed by atoms with van der Waals surface area (Å²) in [7, 11) is 4.48. The summed E-state index contributed by atoms with van der Waals surface area (Å²) in [6.45, 7) is 0.336. The molecule has 8 nitrogen and oxygen atoms in total. The molecule has 0 fully saturated rings. The summed E-state index contributed by atoms with van der Waals surface area (Å²) in [5, 5.41) is 13.8. The molecular weight excluding hydrogens is 340 g/mol. The van der Waals surface area contributed by atoms with Gasteiger partial charge in [0.25, 0.3) is 5.91 Å².